The zero-order chi connectivity index (χ0) is 31.0. The Morgan fingerprint density at radius 3 is 2.19 bits per heavy atom. The van der Waals surface area contributed by atoms with E-state index in [1.54, 1.807) is 18.2 Å². The lowest BCUT2D eigenvalue weighted by Gasteiger charge is -2.34. The molecule has 0 aliphatic heterocycles. The SMILES string of the molecule is CC[C@@H](C(=O)NC1CCCCC1)N(Cc1ccccc1C)C(=O)CN(c1ccc([N+](=O)[O-])cc1)S(=O)(=O)c1ccccc1. The van der Waals surface area contributed by atoms with E-state index in [0.717, 1.165) is 47.5 Å². The number of nitro benzene ring substituents is 1. The Kier molecular flexibility index (Phi) is 10.5. The summed E-state index contributed by atoms with van der Waals surface area (Å²) in [5.74, 6) is -0.823. The van der Waals surface area contributed by atoms with Crippen molar-refractivity contribution in [2.24, 2.45) is 0 Å². The lowest BCUT2D eigenvalue weighted by atomic mass is 9.95. The molecule has 0 heterocycles. The Labute approximate surface area is 252 Å². The van der Waals surface area contributed by atoms with Crippen molar-refractivity contribution in [2.75, 3.05) is 10.8 Å². The van der Waals surface area contributed by atoms with E-state index in [1.165, 1.54) is 41.3 Å². The van der Waals surface area contributed by atoms with E-state index < -0.39 is 33.4 Å². The number of carbonyl (C=O) groups excluding carboxylic acids is 2. The molecule has 3 aromatic carbocycles. The van der Waals surface area contributed by atoms with E-state index >= 15 is 0 Å². The van der Waals surface area contributed by atoms with Crippen LogP contribution in [0.25, 0.3) is 0 Å². The normalized spacial score (nSPS) is 14.5. The summed E-state index contributed by atoms with van der Waals surface area (Å²) in [6.07, 6.45) is 5.31. The largest absolute Gasteiger partial charge is 0.352 e. The fourth-order valence-corrected chi connectivity index (χ4v) is 6.86. The number of amides is 2. The number of hydrogen-bond acceptors (Lipinski definition) is 6. The van der Waals surface area contributed by atoms with Gasteiger partial charge in [-0.15, -0.1) is 0 Å². The first-order valence-electron chi connectivity index (χ1n) is 14.6. The number of carbonyl (C=O) groups is 2. The number of sulfonamides is 1. The molecule has 10 nitrogen and oxygen atoms in total. The van der Waals surface area contributed by atoms with Gasteiger partial charge in [0.25, 0.3) is 15.7 Å². The fourth-order valence-electron chi connectivity index (χ4n) is 5.42. The number of benzene rings is 3. The molecule has 0 aromatic heterocycles. The van der Waals surface area contributed by atoms with Gasteiger partial charge in [-0.3, -0.25) is 24.0 Å². The highest BCUT2D eigenvalue weighted by atomic mass is 32.2. The second-order valence-electron chi connectivity index (χ2n) is 10.8. The number of rotatable bonds is 12. The van der Waals surface area contributed by atoms with E-state index in [2.05, 4.69) is 5.32 Å². The van der Waals surface area contributed by atoms with Crippen LogP contribution in [0.1, 0.15) is 56.6 Å². The lowest BCUT2D eigenvalue weighted by Crippen LogP contribution is -2.54. The second-order valence-corrected chi connectivity index (χ2v) is 12.7. The average molecular weight is 607 g/mol. The maximum atomic E-state index is 14.2. The third-order valence-corrected chi connectivity index (χ3v) is 9.69. The van der Waals surface area contributed by atoms with Crippen LogP contribution in [0.2, 0.25) is 0 Å². The van der Waals surface area contributed by atoms with Crippen LogP contribution < -0.4 is 9.62 Å². The standard InChI is InChI=1S/C32H38N4O6S/c1-3-30(32(38)33-26-14-6-4-7-15-26)34(22-25-13-11-10-12-24(25)2)31(37)23-35(27-18-20-28(21-19-27)36(39)40)43(41,42)29-16-8-5-9-17-29/h5,8-13,16-21,26,30H,3-4,6-7,14-15,22-23H2,1-2H3,(H,33,38)/t30-/m0/s1. The zero-order valence-corrected chi connectivity index (χ0v) is 25.3. The summed E-state index contributed by atoms with van der Waals surface area (Å²) >= 11 is 0. The molecule has 0 spiro atoms. The number of nitro groups is 1. The van der Waals surface area contributed by atoms with Crippen molar-refractivity contribution < 1.29 is 22.9 Å². The molecular formula is C32H38N4O6S. The van der Waals surface area contributed by atoms with Crippen LogP contribution >= 0.6 is 0 Å². The van der Waals surface area contributed by atoms with Gasteiger partial charge in [-0.25, -0.2) is 8.42 Å². The lowest BCUT2D eigenvalue weighted by molar-refractivity contribution is -0.384. The van der Waals surface area contributed by atoms with Crippen LogP contribution in [-0.4, -0.2) is 48.7 Å². The number of nitrogens with zero attached hydrogens (tertiary/aromatic N) is 3. The molecule has 228 valence electrons. The molecule has 0 radical (unpaired) electrons. The zero-order valence-electron chi connectivity index (χ0n) is 24.5. The minimum Gasteiger partial charge on any atom is -0.352 e. The molecule has 0 saturated heterocycles. The van der Waals surface area contributed by atoms with E-state index in [9.17, 15) is 28.1 Å². The van der Waals surface area contributed by atoms with Crippen LogP contribution in [0.15, 0.2) is 83.8 Å². The number of anilines is 1. The molecule has 1 atom stereocenters. The van der Waals surface area contributed by atoms with E-state index in [1.807, 2.05) is 38.1 Å². The molecule has 1 aliphatic carbocycles. The van der Waals surface area contributed by atoms with Crippen molar-refractivity contribution in [2.45, 2.75) is 75.9 Å². The van der Waals surface area contributed by atoms with Gasteiger partial charge in [0.1, 0.15) is 12.6 Å². The van der Waals surface area contributed by atoms with E-state index in [4.69, 9.17) is 0 Å². The van der Waals surface area contributed by atoms with Crippen molar-refractivity contribution in [3.8, 4) is 0 Å². The van der Waals surface area contributed by atoms with E-state index in [-0.39, 0.29) is 34.8 Å². The molecule has 43 heavy (non-hydrogen) atoms. The van der Waals surface area contributed by atoms with Crippen molar-refractivity contribution in [3.63, 3.8) is 0 Å². The Morgan fingerprint density at radius 1 is 0.953 bits per heavy atom. The van der Waals surface area contributed by atoms with Crippen molar-refractivity contribution in [1.29, 1.82) is 0 Å². The number of hydrogen-bond donors (Lipinski definition) is 1. The summed E-state index contributed by atoms with van der Waals surface area (Å²) in [5.41, 5.74) is 1.66. The van der Waals surface area contributed by atoms with Gasteiger partial charge in [0.05, 0.1) is 15.5 Å². The molecule has 1 fully saturated rings. The number of nitrogens with one attached hydrogen (secondary N) is 1. The van der Waals surface area contributed by atoms with Crippen LogP contribution in [-0.2, 0) is 26.2 Å². The maximum absolute atomic E-state index is 14.2. The first-order valence-corrected chi connectivity index (χ1v) is 16.0. The Balaban J connectivity index is 1.72. The van der Waals surface area contributed by atoms with Crippen molar-refractivity contribution >= 4 is 33.2 Å². The highest BCUT2D eigenvalue weighted by Gasteiger charge is 2.34. The smallest absolute Gasteiger partial charge is 0.269 e. The second kappa shape index (κ2) is 14.3. The van der Waals surface area contributed by atoms with Gasteiger partial charge in [-0.2, -0.15) is 0 Å². The summed E-state index contributed by atoms with van der Waals surface area (Å²) in [5, 5.41) is 14.4. The van der Waals surface area contributed by atoms with Crippen LogP contribution in [0, 0.1) is 17.0 Å². The van der Waals surface area contributed by atoms with Gasteiger partial charge < -0.3 is 10.2 Å². The first kappa shape index (κ1) is 31.7. The monoisotopic (exact) mass is 606 g/mol. The quantitative estimate of drug-likeness (QED) is 0.218. The number of aryl methyl sites for hydroxylation is 1. The third kappa shape index (κ3) is 7.78. The molecule has 0 unspecified atom stereocenters. The summed E-state index contributed by atoms with van der Waals surface area (Å²) in [7, 11) is -4.26. The molecule has 1 saturated carbocycles. The van der Waals surface area contributed by atoms with Gasteiger partial charge in [0, 0.05) is 24.7 Å². The maximum Gasteiger partial charge on any atom is 0.269 e. The van der Waals surface area contributed by atoms with Gasteiger partial charge in [0.2, 0.25) is 11.8 Å². The van der Waals surface area contributed by atoms with Gasteiger partial charge >= 0.3 is 0 Å². The summed E-state index contributed by atoms with van der Waals surface area (Å²) in [6, 6.07) is 19.5. The van der Waals surface area contributed by atoms with Gasteiger partial charge in [-0.05, 0) is 61.6 Å². The van der Waals surface area contributed by atoms with Gasteiger partial charge in [-0.1, -0.05) is 68.7 Å². The van der Waals surface area contributed by atoms with Crippen LogP contribution in [0.3, 0.4) is 0 Å². The van der Waals surface area contributed by atoms with Crippen molar-refractivity contribution in [3.05, 3.63) is 100 Å². The minimum atomic E-state index is -4.26. The van der Waals surface area contributed by atoms with Crippen LogP contribution in [0.4, 0.5) is 11.4 Å². The molecule has 11 heteroatoms. The molecule has 2 amide bonds. The minimum absolute atomic E-state index is 0.0336. The highest BCUT2D eigenvalue weighted by molar-refractivity contribution is 7.92. The molecule has 4 rings (SSSR count). The Hall–Kier alpha value is -4.25. The summed E-state index contributed by atoms with van der Waals surface area (Å²) in [6.45, 7) is 3.26. The molecule has 1 aliphatic rings. The molecule has 1 N–H and O–H groups in total. The van der Waals surface area contributed by atoms with E-state index in [0.29, 0.717) is 6.42 Å². The average Bonchev–Trinajstić information content (AvgIpc) is 3.01. The third-order valence-electron chi connectivity index (χ3n) is 7.90. The highest BCUT2D eigenvalue weighted by Crippen LogP contribution is 2.27. The van der Waals surface area contributed by atoms with Gasteiger partial charge in [0.15, 0.2) is 0 Å². The fraction of sp³-hybridized carbons (Fsp3) is 0.375. The Bertz CT molecular complexity index is 1520. The first-order chi connectivity index (χ1) is 20.6. The predicted octanol–water partition coefficient (Wildman–Crippen LogP) is 5.35. The summed E-state index contributed by atoms with van der Waals surface area (Å²) < 4.78 is 28.7. The van der Waals surface area contributed by atoms with Crippen molar-refractivity contribution in [1.82, 2.24) is 10.2 Å². The topological polar surface area (TPSA) is 130 Å². The summed E-state index contributed by atoms with van der Waals surface area (Å²) in [4.78, 5) is 40.0. The molecular weight excluding hydrogens is 568 g/mol. The Morgan fingerprint density at radius 2 is 1.58 bits per heavy atom. The van der Waals surface area contributed by atoms with Crippen LogP contribution in [0.5, 0.6) is 0 Å². The molecule has 3 aromatic rings. The predicted molar refractivity (Wildman–Crippen MR) is 165 cm³/mol. The molecule has 0 bridgehead atoms. The number of non-ortho nitro benzene ring substituents is 1.